The van der Waals surface area contributed by atoms with E-state index in [1.54, 1.807) is 12.3 Å². The van der Waals surface area contributed by atoms with Gasteiger partial charge >= 0.3 is 0 Å². The Morgan fingerprint density at radius 3 is 2.39 bits per heavy atom. The summed E-state index contributed by atoms with van der Waals surface area (Å²) in [6, 6.07) is 18.4. The highest BCUT2D eigenvalue weighted by molar-refractivity contribution is 5.95. The summed E-state index contributed by atoms with van der Waals surface area (Å²) in [4.78, 5) is 8.65. The minimum Gasteiger partial charge on any atom is -0.355 e. The molecule has 2 aromatic carbocycles. The van der Waals surface area contributed by atoms with E-state index < -0.39 is 0 Å². The second-order valence-corrected chi connectivity index (χ2v) is 6.68. The molecule has 0 aliphatic heterocycles. The standard InChI is InChI=1S/C23H17FN4/c1-14-9-18(24)11-21-22(10-15(2)27-23(14)21)28-19-6-3-16(4-7-19)17-5-8-20(12-25)26-13-17/h3-11,13H,1-2H3,(H,27,28). The summed E-state index contributed by atoms with van der Waals surface area (Å²) in [7, 11) is 0. The van der Waals surface area contributed by atoms with Crippen LogP contribution in [0.2, 0.25) is 0 Å². The molecule has 4 aromatic rings. The molecule has 0 radical (unpaired) electrons. The van der Waals surface area contributed by atoms with Crippen LogP contribution in [0.15, 0.2) is 60.8 Å². The average molecular weight is 368 g/mol. The number of hydrogen-bond donors (Lipinski definition) is 1. The first-order valence-corrected chi connectivity index (χ1v) is 8.84. The Kier molecular flexibility index (Phi) is 4.46. The predicted molar refractivity (Wildman–Crippen MR) is 109 cm³/mol. The maximum Gasteiger partial charge on any atom is 0.140 e. The fourth-order valence-corrected chi connectivity index (χ4v) is 3.22. The number of benzene rings is 2. The lowest BCUT2D eigenvalue weighted by atomic mass is 10.1. The molecular formula is C23H17FN4. The van der Waals surface area contributed by atoms with E-state index in [0.717, 1.165) is 44.7 Å². The number of aromatic nitrogens is 2. The molecule has 0 aliphatic rings. The van der Waals surface area contributed by atoms with Crippen LogP contribution < -0.4 is 5.32 Å². The molecule has 0 saturated carbocycles. The summed E-state index contributed by atoms with van der Waals surface area (Å²) in [5, 5.41) is 13.0. The van der Waals surface area contributed by atoms with Gasteiger partial charge in [0.2, 0.25) is 0 Å². The number of nitrogens with one attached hydrogen (secondary N) is 1. The van der Waals surface area contributed by atoms with Crippen molar-refractivity contribution in [1.82, 2.24) is 9.97 Å². The zero-order valence-electron chi connectivity index (χ0n) is 15.5. The van der Waals surface area contributed by atoms with Crippen LogP contribution in [0.4, 0.5) is 15.8 Å². The molecule has 0 atom stereocenters. The van der Waals surface area contributed by atoms with Gasteiger partial charge in [0.25, 0.3) is 0 Å². The molecule has 2 aromatic heterocycles. The Hall–Kier alpha value is -3.78. The minimum absolute atomic E-state index is 0.276. The zero-order valence-corrected chi connectivity index (χ0v) is 15.5. The SMILES string of the molecule is Cc1cc(Nc2ccc(-c3ccc(C#N)nc3)cc2)c2cc(F)cc(C)c2n1. The van der Waals surface area contributed by atoms with Crippen molar-refractivity contribution in [3.8, 4) is 17.2 Å². The van der Waals surface area contributed by atoms with Crippen LogP contribution >= 0.6 is 0 Å². The molecule has 2 heterocycles. The lowest BCUT2D eigenvalue weighted by Crippen LogP contribution is -1.97. The van der Waals surface area contributed by atoms with E-state index in [1.807, 2.05) is 56.3 Å². The number of nitrogens with zero attached hydrogens (tertiary/aromatic N) is 3. The van der Waals surface area contributed by atoms with Crippen molar-refractivity contribution < 1.29 is 4.39 Å². The molecule has 28 heavy (non-hydrogen) atoms. The third-order valence-electron chi connectivity index (χ3n) is 4.57. The van der Waals surface area contributed by atoms with E-state index >= 15 is 0 Å². The summed E-state index contributed by atoms with van der Waals surface area (Å²) in [5.41, 5.74) is 6.51. The number of nitriles is 1. The van der Waals surface area contributed by atoms with Gasteiger partial charge in [0.15, 0.2) is 0 Å². The molecule has 1 N–H and O–H groups in total. The highest BCUT2D eigenvalue weighted by Crippen LogP contribution is 2.30. The third-order valence-corrected chi connectivity index (χ3v) is 4.57. The van der Waals surface area contributed by atoms with Crippen molar-refractivity contribution in [2.75, 3.05) is 5.32 Å². The number of pyridine rings is 2. The summed E-state index contributed by atoms with van der Waals surface area (Å²) < 4.78 is 13.9. The lowest BCUT2D eigenvalue weighted by molar-refractivity contribution is 0.628. The Bertz CT molecular complexity index is 1210. The topological polar surface area (TPSA) is 61.6 Å². The number of fused-ring (bicyclic) bond motifs is 1. The first-order chi connectivity index (χ1) is 13.5. The van der Waals surface area contributed by atoms with Crippen molar-refractivity contribution in [3.05, 3.63) is 83.6 Å². The molecular weight excluding hydrogens is 351 g/mol. The predicted octanol–water partition coefficient (Wildman–Crippen LogP) is 5.67. The number of halogens is 1. The van der Waals surface area contributed by atoms with E-state index in [2.05, 4.69) is 15.3 Å². The quantitative estimate of drug-likeness (QED) is 0.506. The van der Waals surface area contributed by atoms with Gasteiger partial charge in [-0.15, -0.1) is 0 Å². The van der Waals surface area contributed by atoms with Crippen LogP contribution in [0, 0.1) is 31.0 Å². The molecule has 4 rings (SSSR count). The fourth-order valence-electron chi connectivity index (χ4n) is 3.22. The van der Waals surface area contributed by atoms with Crippen molar-refractivity contribution in [2.24, 2.45) is 0 Å². The molecule has 0 bridgehead atoms. The first kappa shape index (κ1) is 17.6. The highest BCUT2D eigenvalue weighted by atomic mass is 19.1. The van der Waals surface area contributed by atoms with Crippen molar-refractivity contribution >= 4 is 22.3 Å². The van der Waals surface area contributed by atoms with Gasteiger partial charge in [-0.3, -0.25) is 4.98 Å². The summed E-state index contributed by atoms with van der Waals surface area (Å²) in [6.45, 7) is 3.79. The van der Waals surface area contributed by atoms with Crippen molar-refractivity contribution in [3.63, 3.8) is 0 Å². The molecule has 4 nitrogen and oxygen atoms in total. The van der Waals surface area contributed by atoms with Crippen LogP contribution in [-0.4, -0.2) is 9.97 Å². The fraction of sp³-hybridized carbons (Fsp3) is 0.0870. The van der Waals surface area contributed by atoms with E-state index in [4.69, 9.17) is 5.26 Å². The Balaban J connectivity index is 1.67. The van der Waals surface area contributed by atoms with E-state index in [1.165, 1.54) is 12.1 Å². The summed E-state index contributed by atoms with van der Waals surface area (Å²) in [5.74, 6) is -0.276. The van der Waals surface area contributed by atoms with Gasteiger partial charge < -0.3 is 5.32 Å². The normalized spacial score (nSPS) is 10.6. The maximum absolute atomic E-state index is 13.9. The van der Waals surface area contributed by atoms with E-state index in [0.29, 0.717) is 5.69 Å². The van der Waals surface area contributed by atoms with Gasteiger partial charge in [-0.25, -0.2) is 9.37 Å². The van der Waals surface area contributed by atoms with Crippen molar-refractivity contribution in [1.29, 1.82) is 5.26 Å². The first-order valence-electron chi connectivity index (χ1n) is 8.84. The summed E-state index contributed by atoms with van der Waals surface area (Å²) >= 11 is 0. The van der Waals surface area contributed by atoms with Gasteiger partial charge in [0.1, 0.15) is 17.6 Å². The van der Waals surface area contributed by atoms with Gasteiger partial charge in [-0.2, -0.15) is 5.26 Å². The second kappa shape index (κ2) is 7.09. The Morgan fingerprint density at radius 1 is 0.964 bits per heavy atom. The monoisotopic (exact) mass is 368 g/mol. The Labute approximate surface area is 162 Å². The van der Waals surface area contributed by atoms with Gasteiger partial charge in [0, 0.05) is 34.2 Å². The van der Waals surface area contributed by atoms with Gasteiger partial charge in [-0.1, -0.05) is 12.1 Å². The minimum atomic E-state index is -0.276. The van der Waals surface area contributed by atoms with Crippen molar-refractivity contribution in [2.45, 2.75) is 13.8 Å². The van der Waals surface area contributed by atoms with Gasteiger partial charge in [-0.05, 0) is 67.4 Å². The number of anilines is 2. The molecule has 0 fully saturated rings. The van der Waals surface area contributed by atoms with Crippen LogP contribution in [0.3, 0.4) is 0 Å². The molecule has 0 saturated heterocycles. The molecule has 0 spiro atoms. The molecule has 0 unspecified atom stereocenters. The number of rotatable bonds is 3. The lowest BCUT2D eigenvalue weighted by Gasteiger charge is -2.13. The summed E-state index contributed by atoms with van der Waals surface area (Å²) in [6.07, 6.45) is 1.69. The largest absolute Gasteiger partial charge is 0.355 e. The third kappa shape index (κ3) is 3.40. The van der Waals surface area contributed by atoms with E-state index in [-0.39, 0.29) is 5.82 Å². The number of hydrogen-bond acceptors (Lipinski definition) is 4. The van der Waals surface area contributed by atoms with Crippen LogP contribution in [-0.2, 0) is 0 Å². The van der Waals surface area contributed by atoms with Crippen LogP contribution in [0.5, 0.6) is 0 Å². The molecule has 0 amide bonds. The van der Waals surface area contributed by atoms with Gasteiger partial charge in [0.05, 0.1) is 5.52 Å². The average Bonchev–Trinajstić information content (AvgIpc) is 2.69. The molecule has 5 heteroatoms. The van der Waals surface area contributed by atoms with E-state index in [9.17, 15) is 4.39 Å². The molecule has 136 valence electrons. The van der Waals surface area contributed by atoms with Crippen LogP contribution in [0.25, 0.3) is 22.0 Å². The smallest absolute Gasteiger partial charge is 0.140 e. The highest BCUT2D eigenvalue weighted by Gasteiger charge is 2.09. The number of aryl methyl sites for hydroxylation is 2. The molecule has 0 aliphatic carbocycles. The second-order valence-electron chi connectivity index (χ2n) is 6.68. The maximum atomic E-state index is 13.9. The Morgan fingerprint density at radius 2 is 1.71 bits per heavy atom. The van der Waals surface area contributed by atoms with Crippen LogP contribution in [0.1, 0.15) is 17.0 Å². The zero-order chi connectivity index (χ0) is 19.7.